The van der Waals surface area contributed by atoms with Gasteiger partial charge in [-0.1, -0.05) is 0 Å². The van der Waals surface area contributed by atoms with E-state index in [1.54, 1.807) is 4.52 Å². The second-order valence-electron chi connectivity index (χ2n) is 4.70. The molecule has 5 nitrogen and oxygen atoms in total. The summed E-state index contributed by atoms with van der Waals surface area (Å²) in [5, 5.41) is 4.39. The first-order chi connectivity index (χ1) is 9.13. The quantitative estimate of drug-likeness (QED) is 0.702. The standard InChI is InChI=1S/C14H15N5/c1-10-4-7-14-16-13(9-19(14)17-10)12-6-5-11(8-15-12)18(2)3/h4-9H,1-3H3. The van der Waals surface area contributed by atoms with Gasteiger partial charge in [0.25, 0.3) is 0 Å². The van der Waals surface area contributed by atoms with Crippen LogP contribution in [0.15, 0.2) is 36.7 Å². The Bertz CT molecular complexity index is 712. The zero-order valence-corrected chi connectivity index (χ0v) is 11.2. The van der Waals surface area contributed by atoms with Gasteiger partial charge in [0.15, 0.2) is 5.65 Å². The van der Waals surface area contributed by atoms with Gasteiger partial charge in [0.1, 0.15) is 5.69 Å². The number of aryl methyl sites for hydroxylation is 1. The van der Waals surface area contributed by atoms with E-state index >= 15 is 0 Å². The fraction of sp³-hybridized carbons (Fsp3) is 0.214. The van der Waals surface area contributed by atoms with Crippen LogP contribution in [0, 0.1) is 6.92 Å². The van der Waals surface area contributed by atoms with E-state index in [0.29, 0.717) is 0 Å². The summed E-state index contributed by atoms with van der Waals surface area (Å²) in [4.78, 5) is 11.0. The Morgan fingerprint density at radius 1 is 1.05 bits per heavy atom. The molecule has 0 aliphatic rings. The Morgan fingerprint density at radius 2 is 1.89 bits per heavy atom. The summed E-state index contributed by atoms with van der Waals surface area (Å²) in [5.74, 6) is 0. The second kappa shape index (κ2) is 4.35. The predicted molar refractivity (Wildman–Crippen MR) is 75.3 cm³/mol. The van der Waals surface area contributed by atoms with Crippen molar-refractivity contribution in [3.63, 3.8) is 0 Å². The number of imidazole rings is 1. The average molecular weight is 253 g/mol. The van der Waals surface area contributed by atoms with Crippen LogP contribution < -0.4 is 4.90 Å². The fourth-order valence-electron chi connectivity index (χ4n) is 1.90. The number of anilines is 1. The van der Waals surface area contributed by atoms with Gasteiger partial charge in [-0.05, 0) is 31.2 Å². The van der Waals surface area contributed by atoms with Crippen molar-refractivity contribution in [2.75, 3.05) is 19.0 Å². The molecule has 0 saturated heterocycles. The third-order valence-electron chi connectivity index (χ3n) is 2.98. The van der Waals surface area contributed by atoms with Crippen LogP contribution in [0.25, 0.3) is 17.0 Å². The Kier molecular flexibility index (Phi) is 2.67. The summed E-state index contributed by atoms with van der Waals surface area (Å²) in [6, 6.07) is 7.92. The Balaban J connectivity index is 2.03. The van der Waals surface area contributed by atoms with E-state index in [9.17, 15) is 0 Å². The van der Waals surface area contributed by atoms with E-state index in [2.05, 4.69) is 15.1 Å². The number of hydrogen-bond acceptors (Lipinski definition) is 4. The normalized spacial score (nSPS) is 10.9. The zero-order chi connectivity index (χ0) is 13.4. The lowest BCUT2D eigenvalue weighted by Gasteiger charge is -2.11. The lowest BCUT2D eigenvalue weighted by atomic mass is 10.3. The van der Waals surface area contributed by atoms with Crippen molar-refractivity contribution in [3.8, 4) is 11.4 Å². The molecule has 3 rings (SSSR count). The largest absolute Gasteiger partial charge is 0.376 e. The van der Waals surface area contributed by atoms with Gasteiger partial charge in [0.2, 0.25) is 0 Å². The highest BCUT2D eigenvalue weighted by atomic mass is 15.2. The molecule has 19 heavy (non-hydrogen) atoms. The third-order valence-corrected chi connectivity index (χ3v) is 2.98. The molecule has 0 spiro atoms. The van der Waals surface area contributed by atoms with E-state index in [0.717, 1.165) is 28.4 Å². The van der Waals surface area contributed by atoms with E-state index in [1.807, 2.05) is 62.6 Å². The SMILES string of the molecule is Cc1ccc2nc(-c3ccc(N(C)C)cn3)cn2n1. The smallest absolute Gasteiger partial charge is 0.154 e. The predicted octanol–water partition coefficient (Wildman–Crippen LogP) is 2.17. The number of hydrogen-bond donors (Lipinski definition) is 0. The van der Waals surface area contributed by atoms with Crippen LogP contribution in [0.1, 0.15) is 5.69 Å². The molecular formula is C14H15N5. The molecule has 3 aromatic rings. The van der Waals surface area contributed by atoms with Crippen LogP contribution in [-0.4, -0.2) is 33.7 Å². The van der Waals surface area contributed by atoms with Gasteiger partial charge in [-0.2, -0.15) is 5.10 Å². The van der Waals surface area contributed by atoms with Crippen LogP contribution in [0.5, 0.6) is 0 Å². The fourth-order valence-corrected chi connectivity index (χ4v) is 1.90. The van der Waals surface area contributed by atoms with Crippen molar-refractivity contribution in [1.29, 1.82) is 0 Å². The maximum Gasteiger partial charge on any atom is 0.154 e. The Hall–Kier alpha value is -2.43. The van der Waals surface area contributed by atoms with E-state index in [4.69, 9.17) is 0 Å². The van der Waals surface area contributed by atoms with Gasteiger partial charge in [0.05, 0.1) is 29.5 Å². The molecule has 96 valence electrons. The molecule has 5 heteroatoms. The lowest BCUT2D eigenvalue weighted by Crippen LogP contribution is -2.08. The van der Waals surface area contributed by atoms with Crippen molar-refractivity contribution in [3.05, 3.63) is 42.4 Å². The number of nitrogens with zero attached hydrogens (tertiary/aromatic N) is 5. The summed E-state index contributed by atoms with van der Waals surface area (Å²) < 4.78 is 1.78. The van der Waals surface area contributed by atoms with Crippen LogP contribution in [0.4, 0.5) is 5.69 Å². The average Bonchev–Trinajstić information content (AvgIpc) is 2.81. The second-order valence-corrected chi connectivity index (χ2v) is 4.70. The summed E-state index contributed by atoms with van der Waals surface area (Å²) in [6.45, 7) is 1.96. The van der Waals surface area contributed by atoms with Gasteiger partial charge in [0, 0.05) is 14.1 Å². The molecule has 3 heterocycles. The van der Waals surface area contributed by atoms with Gasteiger partial charge in [-0.15, -0.1) is 0 Å². The molecule has 3 aromatic heterocycles. The minimum Gasteiger partial charge on any atom is -0.376 e. The molecule has 0 aliphatic carbocycles. The monoisotopic (exact) mass is 253 g/mol. The first-order valence-corrected chi connectivity index (χ1v) is 6.10. The van der Waals surface area contributed by atoms with Crippen LogP contribution in [0.2, 0.25) is 0 Å². The lowest BCUT2D eigenvalue weighted by molar-refractivity contribution is 0.901. The van der Waals surface area contributed by atoms with Crippen LogP contribution in [-0.2, 0) is 0 Å². The topological polar surface area (TPSA) is 46.3 Å². The highest BCUT2D eigenvalue weighted by Gasteiger charge is 2.06. The molecule has 0 radical (unpaired) electrons. The highest BCUT2D eigenvalue weighted by molar-refractivity contribution is 5.60. The van der Waals surface area contributed by atoms with Crippen molar-refractivity contribution in [2.45, 2.75) is 6.92 Å². The van der Waals surface area contributed by atoms with Gasteiger partial charge >= 0.3 is 0 Å². The van der Waals surface area contributed by atoms with E-state index in [1.165, 1.54) is 0 Å². The van der Waals surface area contributed by atoms with Crippen LogP contribution in [0.3, 0.4) is 0 Å². The number of fused-ring (bicyclic) bond motifs is 1. The maximum atomic E-state index is 4.52. The molecule has 0 bridgehead atoms. The molecule has 0 unspecified atom stereocenters. The molecule has 0 aliphatic heterocycles. The van der Waals surface area contributed by atoms with Crippen LogP contribution >= 0.6 is 0 Å². The summed E-state index contributed by atoms with van der Waals surface area (Å²) in [5.41, 5.74) is 4.56. The summed E-state index contributed by atoms with van der Waals surface area (Å²) in [7, 11) is 3.99. The number of rotatable bonds is 2. The van der Waals surface area contributed by atoms with Crippen molar-refractivity contribution in [2.24, 2.45) is 0 Å². The first kappa shape index (κ1) is 11.6. The summed E-state index contributed by atoms with van der Waals surface area (Å²) >= 11 is 0. The van der Waals surface area contributed by atoms with Crippen molar-refractivity contribution in [1.82, 2.24) is 19.6 Å². The molecule has 0 aromatic carbocycles. The van der Waals surface area contributed by atoms with E-state index < -0.39 is 0 Å². The third kappa shape index (κ3) is 2.14. The maximum absolute atomic E-state index is 4.52. The Labute approximate surface area is 111 Å². The van der Waals surface area contributed by atoms with Crippen molar-refractivity contribution < 1.29 is 0 Å². The van der Waals surface area contributed by atoms with Crippen molar-refractivity contribution >= 4 is 11.3 Å². The zero-order valence-electron chi connectivity index (χ0n) is 11.2. The minimum absolute atomic E-state index is 0.832. The molecular weight excluding hydrogens is 238 g/mol. The molecule has 0 atom stereocenters. The van der Waals surface area contributed by atoms with E-state index in [-0.39, 0.29) is 0 Å². The molecule has 0 amide bonds. The van der Waals surface area contributed by atoms with Gasteiger partial charge in [-0.3, -0.25) is 4.98 Å². The number of aromatic nitrogens is 4. The Morgan fingerprint density at radius 3 is 2.58 bits per heavy atom. The number of pyridine rings is 1. The minimum atomic E-state index is 0.832. The summed E-state index contributed by atoms with van der Waals surface area (Å²) in [6.07, 6.45) is 3.75. The van der Waals surface area contributed by atoms with Gasteiger partial charge in [-0.25, -0.2) is 9.50 Å². The molecule has 0 saturated carbocycles. The molecule has 0 N–H and O–H groups in total. The first-order valence-electron chi connectivity index (χ1n) is 6.10. The highest BCUT2D eigenvalue weighted by Crippen LogP contribution is 2.19. The molecule has 0 fully saturated rings. The van der Waals surface area contributed by atoms with Gasteiger partial charge < -0.3 is 4.90 Å².